The van der Waals surface area contributed by atoms with Crippen LogP contribution in [0.3, 0.4) is 0 Å². The van der Waals surface area contributed by atoms with Gasteiger partial charge in [-0.1, -0.05) is 36.4 Å². The molecule has 3 rings (SSSR count). The number of hydrogen-bond donors (Lipinski definition) is 0. The van der Waals surface area contributed by atoms with E-state index >= 15 is 0 Å². The molecule has 0 bridgehead atoms. The van der Waals surface area contributed by atoms with Crippen molar-refractivity contribution in [1.82, 2.24) is 4.98 Å². The van der Waals surface area contributed by atoms with Crippen molar-refractivity contribution in [2.75, 3.05) is 0 Å². The summed E-state index contributed by atoms with van der Waals surface area (Å²) < 4.78 is 0. The standard InChI is InChI=1S/C20H17N3.3ClH.Co/c1-16-12-19(14-21-17-8-4-2-5-9-17)23-20(13-16)15-22-18-10-6-3-7-11-18;;;;/h2-15H,1H3;3*1H;/q;;;;+3/p-3. The summed E-state index contributed by atoms with van der Waals surface area (Å²) in [6.07, 6.45) is 3.56. The van der Waals surface area contributed by atoms with E-state index in [0.29, 0.717) is 0 Å². The van der Waals surface area contributed by atoms with E-state index in [1.54, 1.807) is 12.4 Å². The van der Waals surface area contributed by atoms with Crippen molar-refractivity contribution >= 4 is 23.8 Å². The SMILES string of the molecule is Cc1cc(C=Nc2ccccc2)nc(C=Nc2ccccc2)c1.[Cl-].[Cl-].[Cl-].[Co+3]. The predicted molar refractivity (Wildman–Crippen MR) is 96.4 cm³/mol. The van der Waals surface area contributed by atoms with Crippen LogP contribution in [0.2, 0.25) is 0 Å². The van der Waals surface area contributed by atoms with Gasteiger partial charge in [-0.25, -0.2) is 4.98 Å². The van der Waals surface area contributed by atoms with E-state index in [1.165, 1.54) is 0 Å². The number of aromatic nitrogens is 1. The molecule has 0 atom stereocenters. The predicted octanol–water partition coefficient (Wildman–Crippen LogP) is -4.10. The van der Waals surface area contributed by atoms with E-state index < -0.39 is 0 Å². The average molecular weight is 465 g/mol. The summed E-state index contributed by atoms with van der Waals surface area (Å²) in [6, 6.07) is 23.7. The van der Waals surface area contributed by atoms with Gasteiger partial charge in [0.05, 0.1) is 35.2 Å². The molecule has 0 unspecified atom stereocenters. The molecular weight excluding hydrogens is 448 g/mol. The molecule has 3 aromatic rings. The Balaban J connectivity index is 0. The first-order chi connectivity index (χ1) is 11.3. The van der Waals surface area contributed by atoms with Crippen LogP contribution in [0, 0.1) is 6.92 Å². The Kier molecular flexibility index (Phi) is 14.7. The molecular formula is C20H17Cl3CoN3. The minimum absolute atomic E-state index is 0. The number of nitrogens with zero attached hydrogens (tertiary/aromatic N) is 3. The first-order valence-electron chi connectivity index (χ1n) is 7.46. The number of halogens is 3. The summed E-state index contributed by atoms with van der Waals surface area (Å²) >= 11 is 0. The zero-order valence-electron chi connectivity index (χ0n) is 14.4. The molecule has 0 spiro atoms. The maximum absolute atomic E-state index is 4.57. The number of aryl methyl sites for hydroxylation is 1. The number of hydrogen-bond acceptors (Lipinski definition) is 3. The molecule has 0 aliphatic rings. The van der Waals surface area contributed by atoms with Gasteiger partial charge in [0.25, 0.3) is 0 Å². The van der Waals surface area contributed by atoms with Crippen molar-refractivity contribution < 1.29 is 54.0 Å². The van der Waals surface area contributed by atoms with Gasteiger partial charge in [-0.2, -0.15) is 0 Å². The Morgan fingerprint density at radius 1 is 0.667 bits per heavy atom. The third-order valence-electron chi connectivity index (χ3n) is 3.21. The number of rotatable bonds is 4. The topological polar surface area (TPSA) is 37.6 Å². The minimum atomic E-state index is 0. The van der Waals surface area contributed by atoms with Gasteiger partial charge in [-0.15, -0.1) is 0 Å². The van der Waals surface area contributed by atoms with E-state index in [4.69, 9.17) is 0 Å². The fourth-order valence-corrected chi connectivity index (χ4v) is 2.16. The maximum Gasteiger partial charge on any atom is 3.00 e. The molecule has 0 radical (unpaired) electrons. The average Bonchev–Trinajstić information content (AvgIpc) is 2.60. The van der Waals surface area contributed by atoms with Gasteiger partial charge in [0.1, 0.15) is 0 Å². The smallest absolute Gasteiger partial charge is 1.00 e. The molecule has 1 aromatic heterocycles. The summed E-state index contributed by atoms with van der Waals surface area (Å²) in [4.78, 5) is 13.5. The zero-order chi connectivity index (χ0) is 15.9. The van der Waals surface area contributed by atoms with Gasteiger partial charge in [0, 0.05) is 0 Å². The van der Waals surface area contributed by atoms with Crippen LogP contribution < -0.4 is 37.2 Å². The van der Waals surface area contributed by atoms with Crippen LogP contribution in [-0.4, -0.2) is 17.4 Å². The molecule has 2 aromatic carbocycles. The van der Waals surface area contributed by atoms with E-state index in [1.807, 2.05) is 79.7 Å². The van der Waals surface area contributed by atoms with Crippen LogP contribution >= 0.6 is 0 Å². The second-order valence-corrected chi connectivity index (χ2v) is 5.18. The third kappa shape index (κ3) is 9.18. The Hall–Kier alpha value is -1.69. The molecule has 0 N–H and O–H groups in total. The van der Waals surface area contributed by atoms with Gasteiger partial charge >= 0.3 is 16.8 Å². The Morgan fingerprint density at radius 2 is 1.04 bits per heavy atom. The summed E-state index contributed by atoms with van der Waals surface area (Å²) in [5.41, 5.74) is 4.60. The molecule has 1 heterocycles. The second kappa shape index (κ2) is 14.4. The van der Waals surface area contributed by atoms with Crippen LogP contribution in [-0.2, 0) is 16.8 Å². The van der Waals surface area contributed by atoms with Crippen molar-refractivity contribution in [3.05, 3.63) is 89.7 Å². The quantitative estimate of drug-likeness (QED) is 0.362. The Morgan fingerprint density at radius 3 is 1.41 bits per heavy atom. The van der Waals surface area contributed by atoms with Crippen molar-refractivity contribution in [1.29, 1.82) is 0 Å². The van der Waals surface area contributed by atoms with Gasteiger partial charge < -0.3 is 37.2 Å². The zero-order valence-corrected chi connectivity index (χ0v) is 17.7. The molecule has 0 saturated heterocycles. The summed E-state index contributed by atoms with van der Waals surface area (Å²) in [7, 11) is 0. The summed E-state index contributed by atoms with van der Waals surface area (Å²) in [5, 5.41) is 0. The summed E-state index contributed by atoms with van der Waals surface area (Å²) in [5.74, 6) is 0. The minimum Gasteiger partial charge on any atom is -1.00 e. The number of pyridine rings is 1. The Labute approximate surface area is 188 Å². The molecule has 142 valence electrons. The summed E-state index contributed by atoms with van der Waals surface area (Å²) in [6.45, 7) is 2.04. The van der Waals surface area contributed by atoms with Gasteiger partial charge in [-0.3, -0.25) is 9.98 Å². The fourth-order valence-electron chi connectivity index (χ4n) is 2.16. The Bertz CT molecular complexity index is 774. The maximum atomic E-state index is 4.57. The monoisotopic (exact) mass is 463 g/mol. The number of para-hydroxylation sites is 2. The number of benzene rings is 2. The normalized spacial score (nSPS) is 9.67. The van der Waals surface area contributed by atoms with Gasteiger partial charge in [-0.05, 0) is 48.9 Å². The van der Waals surface area contributed by atoms with E-state index in [2.05, 4.69) is 15.0 Å². The molecule has 0 amide bonds. The van der Waals surface area contributed by atoms with Crippen LogP contribution in [0.25, 0.3) is 0 Å². The van der Waals surface area contributed by atoms with Crippen molar-refractivity contribution in [2.45, 2.75) is 6.92 Å². The molecule has 27 heavy (non-hydrogen) atoms. The molecule has 7 heteroatoms. The first kappa shape index (κ1) is 27.5. The van der Waals surface area contributed by atoms with Crippen molar-refractivity contribution in [3.8, 4) is 0 Å². The molecule has 0 aliphatic heterocycles. The fraction of sp³-hybridized carbons (Fsp3) is 0.0500. The van der Waals surface area contributed by atoms with Crippen LogP contribution in [0.5, 0.6) is 0 Å². The van der Waals surface area contributed by atoms with Crippen molar-refractivity contribution in [2.24, 2.45) is 9.98 Å². The molecule has 0 saturated carbocycles. The third-order valence-corrected chi connectivity index (χ3v) is 3.21. The molecule has 3 nitrogen and oxygen atoms in total. The number of aliphatic imine (C=N–C) groups is 2. The van der Waals surface area contributed by atoms with Crippen LogP contribution in [0.1, 0.15) is 17.0 Å². The van der Waals surface area contributed by atoms with Gasteiger partial charge in [0.15, 0.2) is 0 Å². The van der Waals surface area contributed by atoms with E-state index in [9.17, 15) is 0 Å². The van der Waals surface area contributed by atoms with Crippen molar-refractivity contribution in [3.63, 3.8) is 0 Å². The largest absolute Gasteiger partial charge is 3.00 e. The van der Waals surface area contributed by atoms with Crippen LogP contribution in [0.15, 0.2) is 82.8 Å². The second-order valence-electron chi connectivity index (χ2n) is 5.18. The van der Waals surface area contributed by atoms with Crippen LogP contribution in [0.4, 0.5) is 11.4 Å². The van der Waals surface area contributed by atoms with Gasteiger partial charge in [0.2, 0.25) is 0 Å². The van der Waals surface area contributed by atoms with E-state index in [0.717, 1.165) is 28.3 Å². The van der Waals surface area contributed by atoms with E-state index in [-0.39, 0.29) is 54.0 Å². The first-order valence-corrected chi connectivity index (χ1v) is 7.46. The molecule has 0 fully saturated rings. The molecule has 0 aliphatic carbocycles.